The normalized spacial score (nSPS) is 10.9. The number of amides is 1. The largest absolute Gasteiger partial charge is 0.493 e. The van der Waals surface area contributed by atoms with Gasteiger partial charge in [0, 0.05) is 5.69 Å². The minimum Gasteiger partial charge on any atom is -0.493 e. The summed E-state index contributed by atoms with van der Waals surface area (Å²) in [5, 5.41) is 12.2. The van der Waals surface area contributed by atoms with Crippen LogP contribution in [0.1, 0.15) is 22.3 Å². The average molecular weight is 430 g/mol. The summed E-state index contributed by atoms with van der Waals surface area (Å²) in [6.07, 6.45) is 1.48. The molecule has 1 amide bonds. The smallest absolute Gasteiger partial charge is 0.266 e. The van der Waals surface area contributed by atoms with Crippen LogP contribution in [0, 0.1) is 31.0 Å². The molecule has 0 atom stereocenters. The Morgan fingerprint density at radius 2 is 1.88 bits per heavy atom. The van der Waals surface area contributed by atoms with Crippen molar-refractivity contribution in [3.8, 4) is 17.6 Å². The number of methoxy groups -OCH3 is 1. The number of hydrogen-bond acceptors (Lipinski definition) is 4. The number of aryl methyl sites for hydroxylation is 2. The Hall–Kier alpha value is -4.11. The summed E-state index contributed by atoms with van der Waals surface area (Å²) in [5.41, 5.74) is 4.03. The van der Waals surface area contributed by atoms with Gasteiger partial charge in [0.15, 0.2) is 11.5 Å². The summed E-state index contributed by atoms with van der Waals surface area (Å²) in [7, 11) is 1.50. The number of nitrogens with zero attached hydrogens (tertiary/aromatic N) is 1. The van der Waals surface area contributed by atoms with Gasteiger partial charge in [-0.05, 0) is 78.6 Å². The topological polar surface area (TPSA) is 71.3 Å². The molecule has 0 unspecified atom stereocenters. The van der Waals surface area contributed by atoms with Gasteiger partial charge in [-0.1, -0.05) is 24.3 Å². The zero-order chi connectivity index (χ0) is 23.1. The van der Waals surface area contributed by atoms with E-state index in [9.17, 15) is 14.4 Å². The predicted octanol–water partition coefficient (Wildman–Crippen LogP) is 5.58. The zero-order valence-electron chi connectivity index (χ0n) is 18.1. The molecule has 3 rings (SSSR count). The first-order chi connectivity index (χ1) is 15.4. The number of nitriles is 1. The highest BCUT2D eigenvalue weighted by Crippen LogP contribution is 2.30. The van der Waals surface area contributed by atoms with Crippen molar-refractivity contribution >= 4 is 17.7 Å². The highest BCUT2D eigenvalue weighted by atomic mass is 19.1. The monoisotopic (exact) mass is 430 g/mol. The van der Waals surface area contributed by atoms with E-state index in [2.05, 4.69) is 5.32 Å². The van der Waals surface area contributed by atoms with Crippen LogP contribution in [-0.2, 0) is 11.4 Å². The van der Waals surface area contributed by atoms with Gasteiger partial charge in [-0.15, -0.1) is 0 Å². The van der Waals surface area contributed by atoms with Crippen molar-refractivity contribution in [3.05, 3.63) is 94.3 Å². The van der Waals surface area contributed by atoms with Crippen molar-refractivity contribution in [1.82, 2.24) is 0 Å². The maximum atomic E-state index is 13.3. The summed E-state index contributed by atoms with van der Waals surface area (Å²) >= 11 is 0. The minimum absolute atomic E-state index is 0.0429. The fraction of sp³-hybridized carbons (Fsp3) is 0.154. The lowest BCUT2D eigenvalue weighted by Crippen LogP contribution is -2.13. The second-order valence-corrected chi connectivity index (χ2v) is 7.25. The molecular weight excluding hydrogens is 407 g/mol. The van der Waals surface area contributed by atoms with Crippen LogP contribution >= 0.6 is 0 Å². The Morgan fingerprint density at radius 3 is 2.56 bits per heavy atom. The highest BCUT2D eigenvalue weighted by Gasteiger charge is 2.12. The lowest BCUT2D eigenvalue weighted by Gasteiger charge is -2.12. The van der Waals surface area contributed by atoms with Gasteiger partial charge in [-0.25, -0.2) is 4.39 Å². The van der Waals surface area contributed by atoms with Crippen molar-refractivity contribution in [3.63, 3.8) is 0 Å². The standard InChI is InChI=1S/C26H23FN2O3/c1-17-7-9-23(11-18(17)2)29-26(30)21(15-28)12-19-8-10-24(25(14-19)31-3)32-16-20-5-4-6-22(27)13-20/h4-14H,16H2,1-3H3,(H,29,30)/b21-12+. The average Bonchev–Trinajstić information content (AvgIpc) is 2.78. The van der Waals surface area contributed by atoms with Gasteiger partial charge in [0.25, 0.3) is 5.91 Å². The summed E-state index contributed by atoms with van der Waals surface area (Å²) in [5.74, 6) is 0.0665. The molecule has 3 aromatic rings. The van der Waals surface area contributed by atoms with E-state index in [-0.39, 0.29) is 18.0 Å². The summed E-state index contributed by atoms with van der Waals surface area (Å²) < 4.78 is 24.5. The van der Waals surface area contributed by atoms with Crippen LogP contribution in [-0.4, -0.2) is 13.0 Å². The Labute approximate surface area is 186 Å². The number of benzene rings is 3. The Morgan fingerprint density at radius 1 is 1.06 bits per heavy atom. The molecule has 0 aliphatic carbocycles. The van der Waals surface area contributed by atoms with E-state index in [1.807, 2.05) is 32.0 Å². The number of nitrogens with one attached hydrogen (secondary N) is 1. The first-order valence-electron chi connectivity index (χ1n) is 9.95. The van der Waals surface area contributed by atoms with Crippen LogP contribution in [0.15, 0.2) is 66.2 Å². The van der Waals surface area contributed by atoms with E-state index in [4.69, 9.17) is 9.47 Å². The number of rotatable bonds is 7. The molecular formula is C26H23FN2O3. The van der Waals surface area contributed by atoms with Crippen LogP contribution < -0.4 is 14.8 Å². The molecule has 0 spiro atoms. The molecule has 5 nitrogen and oxygen atoms in total. The van der Waals surface area contributed by atoms with Gasteiger partial charge in [-0.3, -0.25) is 4.79 Å². The Kier molecular flexibility index (Phi) is 7.25. The molecule has 0 aliphatic heterocycles. The van der Waals surface area contributed by atoms with Crippen molar-refractivity contribution in [2.45, 2.75) is 20.5 Å². The quantitative estimate of drug-likeness (QED) is 0.393. The fourth-order valence-electron chi connectivity index (χ4n) is 3.01. The molecule has 0 aliphatic rings. The molecule has 0 radical (unpaired) electrons. The van der Waals surface area contributed by atoms with Crippen LogP contribution in [0.2, 0.25) is 0 Å². The lowest BCUT2D eigenvalue weighted by molar-refractivity contribution is -0.112. The lowest BCUT2D eigenvalue weighted by atomic mass is 10.1. The first-order valence-corrected chi connectivity index (χ1v) is 9.95. The molecule has 0 heterocycles. The predicted molar refractivity (Wildman–Crippen MR) is 122 cm³/mol. The molecule has 1 N–H and O–H groups in total. The maximum absolute atomic E-state index is 13.3. The van der Waals surface area contributed by atoms with E-state index in [0.717, 1.165) is 11.1 Å². The van der Waals surface area contributed by atoms with Crippen LogP contribution in [0.3, 0.4) is 0 Å². The second-order valence-electron chi connectivity index (χ2n) is 7.25. The van der Waals surface area contributed by atoms with Crippen LogP contribution in [0.4, 0.5) is 10.1 Å². The van der Waals surface area contributed by atoms with E-state index in [1.165, 1.54) is 25.3 Å². The Bertz CT molecular complexity index is 1210. The molecule has 0 saturated carbocycles. The third-order valence-corrected chi connectivity index (χ3v) is 4.91. The van der Waals surface area contributed by atoms with E-state index < -0.39 is 5.91 Å². The summed E-state index contributed by atoms with van der Waals surface area (Å²) in [6, 6.07) is 18.7. The number of carbonyl (C=O) groups is 1. The van der Waals surface area contributed by atoms with Crippen LogP contribution in [0.5, 0.6) is 11.5 Å². The van der Waals surface area contributed by atoms with Gasteiger partial charge in [0.2, 0.25) is 0 Å². The van der Waals surface area contributed by atoms with Gasteiger partial charge >= 0.3 is 0 Å². The molecule has 0 saturated heterocycles. The van der Waals surface area contributed by atoms with Crippen molar-refractivity contribution < 1.29 is 18.7 Å². The number of hydrogen-bond donors (Lipinski definition) is 1. The summed E-state index contributed by atoms with van der Waals surface area (Å²) in [6.45, 7) is 4.11. The summed E-state index contributed by atoms with van der Waals surface area (Å²) in [4.78, 5) is 12.6. The Balaban J connectivity index is 1.76. The molecule has 32 heavy (non-hydrogen) atoms. The molecule has 0 fully saturated rings. The van der Waals surface area contributed by atoms with Gasteiger partial charge < -0.3 is 14.8 Å². The van der Waals surface area contributed by atoms with E-state index in [0.29, 0.717) is 28.3 Å². The SMILES string of the molecule is COc1cc(/C=C(\C#N)C(=O)Nc2ccc(C)c(C)c2)ccc1OCc1cccc(F)c1. The van der Waals surface area contributed by atoms with Gasteiger partial charge in [0.05, 0.1) is 7.11 Å². The molecule has 0 bridgehead atoms. The van der Waals surface area contributed by atoms with Crippen molar-refractivity contribution in [2.24, 2.45) is 0 Å². The number of ether oxygens (including phenoxy) is 2. The van der Waals surface area contributed by atoms with Gasteiger partial charge in [0.1, 0.15) is 24.1 Å². The third kappa shape index (κ3) is 5.73. The molecule has 0 aromatic heterocycles. The third-order valence-electron chi connectivity index (χ3n) is 4.91. The number of anilines is 1. The number of carbonyl (C=O) groups excluding carboxylic acids is 1. The van der Waals surface area contributed by atoms with E-state index >= 15 is 0 Å². The molecule has 3 aromatic carbocycles. The first kappa shape index (κ1) is 22.6. The maximum Gasteiger partial charge on any atom is 0.266 e. The van der Waals surface area contributed by atoms with E-state index in [1.54, 1.807) is 36.4 Å². The molecule has 6 heteroatoms. The van der Waals surface area contributed by atoms with Gasteiger partial charge in [-0.2, -0.15) is 5.26 Å². The van der Waals surface area contributed by atoms with Crippen LogP contribution in [0.25, 0.3) is 6.08 Å². The fourth-order valence-corrected chi connectivity index (χ4v) is 3.01. The van der Waals surface area contributed by atoms with Crippen molar-refractivity contribution in [1.29, 1.82) is 5.26 Å². The second kappa shape index (κ2) is 10.3. The van der Waals surface area contributed by atoms with Crippen molar-refractivity contribution in [2.75, 3.05) is 12.4 Å². The minimum atomic E-state index is -0.499. The zero-order valence-corrected chi connectivity index (χ0v) is 18.1. The molecule has 162 valence electrons. The highest BCUT2D eigenvalue weighted by molar-refractivity contribution is 6.09. The number of halogens is 1.